The molecule has 108 valence electrons. The molecule has 1 fully saturated rings. The van der Waals surface area contributed by atoms with Gasteiger partial charge in [-0.05, 0) is 30.9 Å². The number of hydrogen-bond donors (Lipinski definition) is 2. The number of methoxy groups -OCH3 is 1. The third-order valence-electron chi connectivity index (χ3n) is 3.74. The largest absolute Gasteiger partial charge is 0.481 e. The summed E-state index contributed by atoms with van der Waals surface area (Å²) in [6.07, 6.45) is 2.37. The summed E-state index contributed by atoms with van der Waals surface area (Å²) in [5, 5.41) is 11.9. The molecular formula is C15H19NO4. The van der Waals surface area contributed by atoms with E-state index in [0.717, 1.165) is 24.8 Å². The van der Waals surface area contributed by atoms with Crippen LogP contribution in [0.25, 0.3) is 0 Å². The van der Waals surface area contributed by atoms with Crippen molar-refractivity contribution in [3.05, 3.63) is 35.4 Å². The van der Waals surface area contributed by atoms with Crippen molar-refractivity contribution in [2.45, 2.75) is 37.8 Å². The van der Waals surface area contributed by atoms with Crippen molar-refractivity contribution in [2.24, 2.45) is 0 Å². The molecule has 0 unspecified atom stereocenters. The SMILES string of the molecule is COCc1ccccc1C(=O)NC1(CC(=O)O)CCC1. The molecule has 1 aliphatic rings. The lowest BCUT2D eigenvalue weighted by Crippen LogP contribution is -2.54. The molecule has 0 saturated heterocycles. The summed E-state index contributed by atoms with van der Waals surface area (Å²) in [5.41, 5.74) is 0.770. The Morgan fingerprint density at radius 2 is 2.05 bits per heavy atom. The number of aliphatic carboxylic acids is 1. The number of benzene rings is 1. The number of carboxylic acids is 1. The van der Waals surface area contributed by atoms with Gasteiger partial charge in [0.05, 0.1) is 18.6 Å². The summed E-state index contributed by atoms with van der Waals surface area (Å²) in [5.74, 6) is -1.10. The minimum Gasteiger partial charge on any atom is -0.481 e. The molecule has 1 saturated carbocycles. The molecule has 0 aliphatic heterocycles. The number of nitrogens with one attached hydrogen (secondary N) is 1. The summed E-state index contributed by atoms with van der Waals surface area (Å²) in [4.78, 5) is 23.3. The van der Waals surface area contributed by atoms with Crippen molar-refractivity contribution in [3.8, 4) is 0 Å². The lowest BCUT2D eigenvalue weighted by Gasteiger charge is -2.41. The van der Waals surface area contributed by atoms with Crippen molar-refractivity contribution < 1.29 is 19.4 Å². The van der Waals surface area contributed by atoms with Crippen LogP contribution in [0.4, 0.5) is 0 Å². The van der Waals surface area contributed by atoms with E-state index < -0.39 is 11.5 Å². The van der Waals surface area contributed by atoms with E-state index in [-0.39, 0.29) is 12.3 Å². The van der Waals surface area contributed by atoms with Crippen LogP contribution in [-0.4, -0.2) is 29.6 Å². The number of rotatable bonds is 6. The van der Waals surface area contributed by atoms with Crippen molar-refractivity contribution in [2.75, 3.05) is 7.11 Å². The fraction of sp³-hybridized carbons (Fsp3) is 0.467. The average molecular weight is 277 g/mol. The smallest absolute Gasteiger partial charge is 0.305 e. The maximum Gasteiger partial charge on any atom is 0.305 e. The molecule has 2 N–H and O–H groups in total. The van der Waals surface area contributed by atoms with Gasteiger partial charge in [0.2, 0.25) is 0 Å². The first kappa shape index (κ1) is 14.5. The molecule has 0 bridgehead atoms. The number of carbonyl (C=O) groups excluding carboxylic acids is 1. The molecule has 1 aromatic carbocycles. The van der Waals surface area contributed by atoms with Crippen LogP contribution in [0.2, 0.25) is 0 Å². The van der Waals surface area contributed by atoms with E-state index >= 15 is 0 Å². The minimum absolute atomic E-state index is 0.0226. The van der Waals surface area contributed by atoms with Gasteiger partial charge in [0, 0.05) is 12.7 Å². The molecule has 1 aliphatic carbocycles. The Hall–Kier alpha value is -1.88. The van der Waals surface area contributed by atoms with Gasteiger partial charge in [-0.3, -0.25) is 9.59 Å². The molecule has 5 heteroatoms. The number of carboxylic acid groups (broad SMARTS) is 1. The first-order valence-corrected chi connectivity index (χ1v) is 6.67. The standard InChI is InChI=1S/C15H19NO4/c1-20-10-11-5-2-3-6-12(11)14(19)16-15(7-4-8-15)9-13(17)18/h2-3,5-6H,4,7-10H2,1H3,(H,16,19)(H,17,18). The van der Waals surface area contributed by atoms with Crippen LogP contribution in [-0.2, 0) is 16.1 Å². The zero-order valence-corrected chi connectivity index (χ0v) is 11.5. The zero-order valence-electron chi connectivity index (χ0n) is 11.5. The normalized spacial score (nSPS) is 16.2. The second-order valence-corrected chi connectivity index (χ2v) is 5.25. The molecule has 20 heavy (non-hydrogen) atoms. The predicted octanol–water partition coefficient (Wildman–Crippen LogP) is 1.96. The summed E-state index contributed by atoms with van der Waals surface area (Å²) in [6.45, 7) is 0.357. The Morgan fingerprint density at radius 3 is 2.60 bits per heavy atom. The minimum atomic E-state index is -0.879. The Labute approximate surface area is 117 Å². The third kappa shape index (κ3) is 3.17. The van der Waals surface area contributed by atoms with Gasteiger partial charge in [-0.25, -0.2) is 0 Å². The van der Waals surface area contributed by atoms with Gasteiger partial charge in [0.15, 0.2) is 0 Å². The maximum atomic E-state index is 12.4. The number of ether oxygens (including phenoxy) is 1. The lowest BCUT2D eigenvalue weighted by atomic mass is 9.74. The molecule has 0 radical (unpaired) electrons. The Balaban J connectivity index is 2.13. The van der Waals surface area contributed by atoms with E-state index in [1.54, 1.807) is 19.2 Å². The van der Waals surface area contributed by atoms with Gasteiger partial charge < -0.3 is 15.2 Å². The highest BCUT2D eigenvalue weighted by atomic mass is 16.5. The number of carbonyl (C=O) groups is 2. The van der Waals surface area contributed by atoms with Crippen LogP contribution >= 0.6 is 0 Å². The van der Waals surface area contributed by atoms with Gasteiger partial charge in [-0.1, -0.05) is 18.2 Å². The van der Waals surface area contributed by atoms with Crippen LogP contribution in [0, 0.1) is 0 Å². The quantitative estimate of drug-likeness (QED) is 0.833. The summed E-state index contributed by atoms with van der Waals surface area (Å²) in [6, 6.07) is 7.21. The highest BCUT2D eigenvalue weighted by Gasteiger charge is 2.40. The monoisotopic (exact) mass is 277 g/mol. The summed E-state index contributed by atoms with van der Waals surface area (Å²) >= 11 is 0. The topological polar surface area (TPSA) is 75.6 Å². The fourth-order valence-electron chi connectivity index (χ4n) is 2.57. The van der Waals surface area contributed by atoms with Gasteiger partial charge in [0.1, 0.15) is 0 Å². The van der Waals surface area contributed by atoms with Crippen LogP contribution in [0.15, 0.2) is 24.3 Å². The van der Waals surface area contributed by atoms with Gasteiger partial charge in [-0.15, -0.1) is 0 Å². The number of hydrogen-bond acceptors (Lipinski definition) is 3. The van der Waals surface area contributed by atoms with Crippen LogP contribution < -0.4 is 5.32 Å². The Bertz CT molecular complexity index is 508. The summed E-state index contributed by atoms with van der Waals surface area (Å²) in [7, 11) is 1.58. The Morgan fingerprint density at radius 1 is 1.35 bits per heavy atom. The summed E-state index contributed by atoms with van der Waals surface area (Å²) < 4.78 is 5.08. The molecule has 0 spiro atoms. The van der Waals surface area contributed by atoms with Gasteiger partial charge >= 0.3 is 5.97 Å². The average Bonchev–Trinajstić information content (AvgIpc) is 2.36. The third-order valence-corrected chi connectivity index (χ3v) is 3.74. The molecule has 1 amide bonds. The van der Waals surface area contributed by atoms with E-state index in [1.165, 1.54) is 0 Å². The second kappa shape index (κ2) is 6.05. The first-order valence-electron chi connectivity index (χ1n) is 6.67. The molecule has 0 atom stereocenters. The number of amides is 1. The fourth-order valence-corrected chi connectivity index (χ4v) is 2.57. The maximum absolute atomic E-state index is 12.4. The highest BCUT2D eigenvalue weighted by Crippen LogP contribution is 2.35. The lowest BCUT2D eigenvalue weighted by molar-refractivity contribution is -0.139. The van der Waals surface area contributed by atoms with Crippen LogP contribution in [0.1, 0.15) is 41.6 Å². The van der Waals surface area contributed by atoms with E-state index in [9.17, 15) is 9.59 Å². The van der Waals surface area contributed by atoms with Gasteiger partial charge in [-0.2, -0.15) is 0 Å². The molecule has 5 nitrogen and oxygen atoms in total. The van der Waals surface area contributed by atoms with E-state index in [1.807, 2.05) is 12.1 Å². The highest BCUT2D eigenvalue weighted by molar-refractivity contribution is 5.96. The molecule has 1 aromatic rings. The molecular weight excluding hydrogens is 258 g/mol. The molecule has 2 rings (SSSR count). The first-order chi connectivity index (χ1) is 9.56. The Kier molecular flexibility index (Phi) is 4.39. The van der Waals surface area contributed by atoms with Crippen molar-refractivity contribution in [3.63, 3.8) is 0 Å². The van der Waals surface area contributed by atoms with E-state index in [0.29, 0.717) is 12.2 Å². The molecule has 0 aromatic heterocycles. The van der Waals surface area contributed by atoms with Crippen molar-refractivity contribution in [1.29, 1.82) is 0 Å². The molecule has 0 heterocycles. The van der Waals surface area contributed by atoms with Crippen LogP contribution in [0.3, 0.4) is 0 Å². The van der Waals surface area contributed by atoms with E-state index in [4.69, 9.17) is 9.84 Å². The van der Waals surface area contributed by atoms with Crippen molar-refractivity contribution >= 4 is 11.9 Å². The second-order valence-electron chi connectivity index (χ2n) is 5.25. The van der Waals surface area contributed by atoms with E-state index in [2.05, 4.69) is 5.32 Å². The van der Waals surface area contributed by atoms with Crippen LogP contribution in [0.5, 0.6) is 0 Å². The van der Waals surface area contributed by atoms with Gasteiger partial charge in [0.25, 0.3) is 5.91 Å². The zero-order chi connectivity index (χ0) is 14.6. The predicted molar refractivity (Wildman–Crippen MR) is 73.5 cm³/mol. The van der Waals surface area contributed by atoms with Crippen molar-refractivity contribution in [1.82, 2.24) is 5.32 Å².